The molecule has 0 spiro atoms. The number of ether oxygens (including phenoxy) is 3. The number of fused-ring (bicyclic) bond motifs is 1. The first-order chi connectivity index (χ1) is 12.6. The number of unbranched alkanes of at least 4 members (excludes halogenated alkanes) is 3. The third kappa shape index (κ3) is 5.27. The molecule has 5 nitrogen and oxygen atoms in total. The van der Waals surface area contributed by atoms with Gasteiger partial charge in [-0.25, -0.2) is 0 Å². The van der Waals surface area contributed by atoms with Crippen molar-refractivity contribution in [2.75, 3.05) is 26.3 Å². The van der Waals surface area contributed by atoms with E-state index in [0.29, 0.717) is 19.8 Å². The van der Waals surface area contributed by atoms with Gasteiger partial charge in [0.05, 0.1) is 25.4 Å². The molecule has 0 unspecified atom stereocenters. The lowest BCUT2D eigenvalue weighted by Crippen LogP contribution is -2.53. The summed E-state index contributed by atoms with van der Waals surface area (Å²) in [5.41, 5.74) is 1.19. The smallest absolute Gasteiger partial charge is 0.163 e. The second kappa shape index (κ2) is 9.29. The van der Waals surface area contributed by atoms with Gasteiger partial charge in [-0.2, -0.15) is 0 Å². The Morgan fingerprint density at radius 1 is 1.15 bits per heavy atom. The summed E-state index contributed by atoms with van der Waals surface area (Å²) in [5.74, 6) is -0.549. The van der Waals surface area contributed by atoms with Gasteiger partial charge in [0.2, 0.25) is 0 Å². The van der Waals surface area contributed by atoms with Crippen LogP contribution in [-0.2, 0) is 20.8 Å². The van der Waals surface area contributed by atoms with Crippen molar-refractivity contribution in [3.05, 3.63) is 35.9 Å². The summed E-state index contributed by atoms with van der Waals surface area (Å²) in [4.78, 5) is 2.47. The van der Waals surface area contributed by atoms with Crippen molar-refractivity contribution >= 4 is 0 Å². The van der Waals surface area contributed by atoms with Gasteiger partial charge >= 0.3 is 0 Å². The average molecular weight is 363 g/mol. The molecule has 0 aromatic heterocycles. The minimum Gasteiger partial charge on any atom is -0.396 e. The highest BCUT2D eigenvalue weighted by atomic mass is 16.7. The van der Waals surface area contributed by atoms with Crippen LogP contribution in [0.25, 0.3) is 0 Å². The monoisotopic (exact) mass is 363 g/mol. The average Bonchev–Trinajstić information content (AvgIpc) is 2.96. The van der Waals surface area contributed by atoms with E-state index in [2.05, 4.69) is 17.0 Å². The molecule has 2 aliphatic rings. The van der Waals surface area contributed by atoms with Crippen molar-refractivity contribution in [3.63, 3.8) is 0 Å². The number of aliphatic hydroxyl groups excluding tert-OH is 1. The molecule has 1 aromatic rings. The first-order valence-electron chi connectivity index (χ1n) is 9.91. The van der Waals surface area contributed by atoms with Gasteiger partial charge in [0.1, 0.15) is 6.10 Å². The lowest BCUT2D eigenvalue weighted by atomic mass is 10.1. The van der Waals surface area contributed by atoms with Crippen LogP contribution < -0.4 is 0 Å². The predicted octanol–water partition coefficient (Wildman–Crippen LogP) is 2.96. The number of hydrogen-bond acceptors (Lipinski definition) is 5. The molecule has 3 rings (SSSR count). The molecule has 0 radical (unpaired) electrons. The topological polar surface area (TPSA) is 51.2 Å². The summed E-state index contributed by atoms with van der Waals surface area (Å²) in [6.07, 6.45) is 4.40. The first-order valence-corrected chi connectivity index (χ1v) is 9.91. The standard InChI is InChI=1S/C21H33NO4/c1-21(2)25-16-18-20(26-21)19(24-15-17-10-6-5-7-11-17)14-22(18)12-8-3-4-9-13-23/h5-7,10-11,18-20,23H,3-4,8-9,12-16H2,1-2H3/t18-,19+,20+/m0/s1. The second-order valence-electron chi connectivity index (χ2n) is 7.83. The number of benzene rings is 1. The summed E-state index contributed by atoms with van der Waals surface area (Å²) in [6, 6.07) is 10.6. The Bertz CT molecular complexity index is 536. The molecule has 2 heterocycles. The maximum absolute atomic E-state index is 8.91. The van der Waals surface area contributed by atoms with Crippen LogP contribution in [0.2, 0.25) is 0 Å². The van der Waals surface area contributed by atoms with Crippen LogP contribution in [0, 0.1) is 0 Å². The quantitative estimate of drug-likeness (QED) is 0.684. The Morgan fingerprint density at radius 2 is 1.92 bits per heavy atom. The van der Waals surface area contributed by atoms with Gasteiger partial charge in [0.25, 0.3) is 0 Å². The van der Waals surface area contributed by atoms with Crippen molar-refractivity contribution in [2.24, 2.45) is 0 Å². The van der Waals surface area contributed by atoms with Gasteiger partial charge < -0.3 is 19.3 Å². The summed E-state index contributed by atoms with van der Waals surface area (Å²) in [6.45, 7) is 7.49. The number of aliphatic hydroxyl groups is 1. The largest absolute Gasteiger partial charge is 0.396 e. The lowest BCUT2D eigenvalue weighted by Gasteiger charge is -2.41. The summed E-state index contributed by atoms with van der Waals surface area (Å²) >= 11 is 0. The van der Waals surface area contributed by atoms with E-state index in [4.69, 9.17) is 19.3 Å². The van der Waals surface area contributed by atoms with Crippen molar-refractivity contribution in [1.29, 1.82) is 0 Å². The molecule has 0 bridgehead atoms. The zero-order chi connectivity index (χ0) is 18.4. The SMILES string of the molecule is CC1(C)OC[C@H]2[C@@H](O1)[C@H](OCc1ccccc1)CN2CCCCCCO. The van der Waals surface area contributed by atoms with Crippen LogP contribution in [-0.4, -0.2) is 60.3 Å². The van der Waals surface area contributed by atoms with E-state index in [1.165, 1.54) is 5.56 Å². The third-order valence-electron chi connectivity index (χ3n) is 5.31. The van der Waals surface area contributed by atoms with Gasteiger partial charge in [-0.15, -0.1) is 0 Å². The molecule has 2 saturated heterocycles. The van der Waals surface area contributed by atoms with E-state index in [1.807, 2.05) is 32.0 Å². The van der Waals surface area contributed by atoms with Gasteiger partial charge in [-0.05, 0) is 38.8 Å². The van der Waals surface area contributed by atoms with Crippen LogP contribution in [0.1, 0.15) is 45.1 Å². The Balaban J connectivity index is 1.56. The van der Waals surface area contributed by atoms with Gasteiger partial charge in [0.15, 0.2) is 5.79 Å². The zero-order valence-corrected chi connectivity index (χ0v) is 16.1. The lowest BCUT2D eigenvalue weighted by molar-refractivity contribution is -0.294. The van der Waals surface area contributed by atoms with E-state index >= 15 is 0 Å². The highest BCUT2D eigenvalue weighted by Gasteiger charge is 2.49. The van der Waals surface area contributed by atoms with Crippen molar-refractivity contribution < 1.29 is 19.3 Å². The maximum Gasteiger partial charge on any atom is 0.163 e. The second-order valence-corrected chi connectivity index (χ2v) is 7.83. The van der Waals surface area contributed by atoms with E-state index in [1.54, 1.807) is 0 Å². The number of nitrogens with zero attached hydrogens (tertiary/aromatic N) is 1. The Kier molecular flexibility index (Phi) is 7.06. The fourth-order valence-electron chi connectivity index (χ4n) is 3.89. The number of rotatable bonds is 9. The van der Waals surface area contributed by atoms with Crippen LogP contribution >= 0.6 is 0 Å². The van der Waals surface area contributed by atoms with E-state index in [-0.39, 0.29) is 18.2 Å². The molecule has 0 amide bonds. The predicted molar refractivity (Wildman–Crippen MR) is 101 cm³/mol. The maximum atomic E-state index is 8.91. The molecule has 2 fully saturated rings. The molecular formula is C21H33NO4. The van der Waals surface area contributed by atoms with E-state index in [0.717, 1.165) is 38.8 Å². The molecule has 1 aromatic carbocycles. The van der Waals surface area contributed by atoms with Gasteiger partial charge in [-0.1, -0.05) is 43.2 Å². The highest BCUT2D eigenvalue weighted by molar-refractivity contribution is 5.13. The minimum absolute atomic E-state index is 0.0555. The molecule has 26 heavy (non-hydrogen) atoms. The zero-order valence-electron chi connectivity index (χ0n) is 16.1. The Labute approximate surface area is 157 Å². The normalized spacial score (nSPS) is 28.2. The Hall–Kier alpha value is -0.980. The molecule has 0 saturated carbocycles. The van der Waals surface area contributed by atoms with E-state index in [9.17, 15) is 0 Å². The van der Waals surface area contributed by atoms with Crippen LogP contribution in [0.4, 0.5) is 0 Å². The third-order valence-corrected chi connectivity index (χ3v) is 5.31. The molecule has 5 heteroatoms. The van der Waals surface area contributed by atoms with Crippen LogP contribution in [0.15, 0.2) is 30.3 Å². The molecule has 2 aliphatic heterocycles. The fourth-order valence-corrected chi connectivity index (χ4v) is 3.89. The van der Waals surface area contributed by atoms with Crippen molar-refractivity contribution in [1.82, 2.24) is 4.90 Å². The van der Waals surface area contributed by atoms with Crippen LogP contribution in [0.3, 0.4) is 0 Å². The summed E-state index contributed by atoms with van der Waals surface area (Å²) in [7, 11) is 0. The first kappa shape index (κ1) is 19.8. The summed E-state index contributed by atoms with van der Waals surface area (Å²) < 4.78 is 18.4. The molecule has 146 valence electrons. The molecular weight excluding hydrogens is 330 g/mol. The fraction of sp³-hybridized carbons (Fsp3) is 0.714. The molecule has 1 N–H and O–H groups in total. The minimum atomic E-state index is -0.549. The van der Waals surface area contributed by atoms with Crippen LogP contribution in [0.5, 0.6) is 0 Å². The van der Waals surface area contributed by atoms with Gasteiger partial charge in [0, 0.05) is 13.2 Å². The van der Waals surface area contributed by atoms with E-state index < -0.39 is 5.79 Å². The Morgan fingerprint density at radius 3 is 2.69 bits per heavy atom. The molecule has 3 atom stereocenters. The van der Waals surface area contributed by atoms with Gasteiger partial charge in [-0.3, -0.25) is 4.90 Å². The van der Waals surface area contributed by atoms with Crippen molar-refractivity contribution in [2.45, 2.75) is 70.2 Å². The highest BCUT2D eigenvalue weighted by Crippen LogP contribution is 2.34. The number of likely N-dealkylation sites (tertiary alicyclic amines) is 1. The van der Waals surface area contributed by atoms with Crippen molar-refractivity contribution in [3.8, 4) is 0 Å². The summed E-state index contributed by atoms with van der Waals surface area (Å²) in [5, 5.41) is 8.91. The number of hydrogen-bond donors (Lipinski definition) is 1. The molecule has 0 aliphatic carbocycles.